The second-order valence-electron chi connectivity index (χ2n) is 9.91. The van der Waals surface area contributed by atoms with Gasteiger partial charge in [0.1, 0.15) is 11.9 Å². The highest BCUT2D eigenvalue weighted by atomic mass is 35.5. The fraction of sp³-hybridized carbons (Fsp3) is 0.286. The monoisotopic (exact) mass is 604 g/mol. The van der Waals surface area contributed by atoms with Gasteiger partial charge in [-0.25, -0.2) is 12.8 Å². The van der Waals surface area contributed by atoms with Crippen LogP contribution in [0.1, 0.15) is 21.5 Å². The van der Waals surface area contributed by atoms with Crippen LogP contribution in [0.2, 0.25) is 10.0 Å². The number of carbonyl (C=O) groups excluding carboxylic acids is 2. The number of carbonyl (C=O) groups is 2. The zero-order chi connectivity index (χ0) is 28.6. The van der Waals surface area contributed by atoms with E-state index in [4.69, 9.17) is 23.2 Å². The molecule has 0 aliphatic carbocycles. The molecule has 3 aromatic carbocycles. The third-order valence-electron chi connectivity index (χ3n) is 7.10. The van der Waals surface area contributed by atoms with Crippen molar-refractivity contribution in [1.82, 2.24) is 4.90 Å². The number of amides is 2. The van der Waals surface area contributed by atoms with Gasteiger partial charge in [-0.3, -0.25) is 9.59 Å². The van der Waals surface area contributed by atoms with E-state index in [-0.39, 0.29) is 16.5 Å². The summed E-state index contributed by atoms with van der Waals surface area (Å²) in [5.41, 5.74) is 3.32. The summed E-state index contributed by atoms with van der Waals surface area (Å²) < 4.78 is 39.7. The Labute approximate surface area is 242 Å². The predicted molar refractivity (Wildman–Crippen MR) is 156 cm³/mol. The number of hydrogen-bond acceptors (Lipinski definition) is 6. The number of sulfone groups is 1. The molecule has 2 N–H and O–H groups in total. The second-order valence-corrected chi connectivity index (χ2v) is 12.9. The Kier molecular flexibility index (Phi) is 7.94. The SMILES string of the molecule is Cc1ccc(Cl)cc1N1CCN(C(=O)c2ccc3c(c2)NC(=O)C(CS(=O)(=O)Cc2c(F)cccc2Cl)N3)CC1. The van der Waals surface area contributed by atoms with E-state index in [0.717, 1.165) is 17.3 Å². The van der Waals surface area contributed by atoms with Crippen LogP contribution in [0.3, 0.4) is 0 Å². The first-order valence-corrected chi connectivity index (χ1v) is 15.2. The van der Waals surface area contributed by atoms with E-state index >= 15 is 0 Å². The van der Waals surface area contributed by atoms with Crippen LogP contribution in [0.5, 0.6) is 0 Å². The van der Waals surface area contributed by atoms with Gasteiger partial charge < -0.3 is 20.4 Å². The van der Waals surface area contributed by atoms with Gasteiger partial charge in [0.15, 0.2) is 9.84 Å². The maximum Gasteiger partial charge on any atom is 0.254 e. The lowest BCUT2D eigenvalue weighted by Gasteiger charge is -2.37. The average molecular weight is 606 g/mol. The third-order valence-corrected chi connectivity index (χ3v) is 9.25. The van der Waals surface area contributed by atoms with Crippen molar-refractivity contribution >= 4 is 61.9 Å². The van der Waals surface area contributed by atoms with E-state index in [1.807, 2.05) is 25.1 Å². The van der Waals surface area contributed by atoms with Gasteiger partial charge in [0.2, 0.25) is 5.91 Å². The maximum atomic E-state index is 14.1. The van der Waals surface area contributed by atoms with Gasteiger partial charge in [-0.1, -0.05) is 35.3 Å². The van der Waals surface area contributed by atoms with Crippen LogP contribution in [0.4, 0.5) is 21.5 Å². The summed E-state index contributed by atoms with van der Waals surface area (Å²) in [7, 11) is -3.90. The Morgan fingerprint density at radius 1 is 1.02 bits per heavy atom. The number of nitrogens with zero attached hydrogens (tertiary/aromatic N) is 2. The minimum Gasteiger partial charge on any atom is -0.371 e. The van der Waals surface area contributed by atoms with Gasteiger partial charge in [-0.15, -0.1) is 0 Å². The Bertz CT molecular complexity index is 1570. The number of nitrogens with one attached hydrogen (secondary N) is 2. The van der Waals surface area contributed by atoms with Crippen molar-refractivity contribution in [3.8, 4) is 0 Å². The molecule has 8 nitrogen and oxygen atoms in total. The summed E-state index contributed by atoms with van der Waals surface area (Å²) in [6.45, 7) is 4.39. The number of benzene rings is 3. The van der Waals surface area contributed by atoms with E-state index in [1.165, 1.54) is 12.1 Å². The van der Waals surface area contributed by atoms with Crippen molar-refractivity contribution in [3.05, 3.63) is 87.2 Å². The molecule has 40 heavy (non-hydrogen) atoms. The van der Waals surface area contributed by atoms with Crippen LogP contribution in [0, 0.1) is 12.7 Å². The van der Waals surface area contributed by atoms with E-state index in [1.54, 1.807) is 23.1 Å². The Hall–Kier alpha value is -3.34. The van der Waals surface area contributed by atoms with Crippen LogP contribution >= 0.6 is 23.2 Å². The minimum absolute atomic E-state index is 0.00756. The molecular formula is C28H27Cl2FN4O4S. The predicted octanol–water partition coefficient (Wildman–Crippen LogP) is 4.75. The quantitative estimate of drug-likeness (QED) is 0.421. The molecule has 0 bridgehead atoms. The molecule has 1 unspecified atom stereocenters. The molecule has 2 aliphatic rings. The van der Waals surface area contributed by atoms with Crippen molar-refractivity contribution in [3.63, 3.8) is 0 Å². The number of rotatable bonds is 6. The van der Waals surface area contributed by atoms with E-state index in [0.29, 0.717) is 48.1 Å². The van der Waals surface area contributed by atoms with Crippen LogP contribution in [0.25, 0.3) is 0 Å². The second kappa shape index (κ2) is 11.3. The largest absolute Gasteiger partial charge is 0.371 e. The number of piperazine rings is 1. The highest BCUT2D eigenvalue weighted by molar-refractivity contribution is 7.90. The smallest absolute Gasteiger partial charge is 0.254 e. The summed E-state index contributed by atoms with van der Waals surface area (Å²) >= 11 is 12.2. The van der Waals surface area contributed by atoms with Gasteiger partial charge in [-0.2, -0.15) is 0 Å². The highest BCUT2D eigenvalue weighted by Crippen LogP contribution is 2.30. The standard InChI is InChI=1S/C28H27Cl2FN4O4S/c1-17-5-7-19(29)14-26(17)34-9-11-35(12-10-34)28(37)18-6-8-23-24(13-18)33-27(36)25(32-23)16-40(38,39)15-20-21(30)3-2-4-22(20)31/h2-8,13-14,25,32H,9-12,15-16H2,1H3,(H,33,36). The number of anilines is 3. The highest BCUT2D eigenvalue weighted by Gasteiger charge is 2.32. The summed E-state index contributed by atoms with van der Waals surface area (Å²) in [5.74, 6) is -2.63. The average Bonchev–Trinajstić information content (AvgIpc) is 2.92. The van der Waals surface area contributed by atoms with Crippen LogP contribution in [-0.4, -0.2) is 63.1 Å². The zero-order valence-corrected chi connectivity index (χ0v) is 23.9. The molecule has 1 fully saturated rings. The van der Waals surface area contributed by atoms with E-state index < -0.39 is 39.1 Å². The Morgan fingerprint density at radius 3 is 2.50 bits per heavy atom. The van der Waals surface area contributed by atoms with Crippen molar-refractivity contribution in [2.24, 2.45) is 0 Å². The normalized spacial score (nSPS) is 17.2. The van der Waals surface area contributed by atoms with Crippen LogP contribution < -0.4 is 15.5 Å². The molecule has 5 rings (SSSR count). The molecule has 1 saturated heterocycles. The van der Waals surface area contributed by atoms with Crippen molar-refractivity contribution in [1.29, 1.82) is 0 Å². The van der Waals surface area contributed by atoms with Crippen molar-refractivity contribution in [2.45, 2.75) is 18.7 Å². The first kappa shape index (κ1) is 28.2. The lowest BCUT2D eigenvalue weighted by Crippen LogP contribution is -2.49. The molecule has 0 spiro atoms. The molecule has 2 heterocycles. The molecule has 0 saturated carbocycles. The molecule has 210 valence electrons. The summed E-state index contributed by atoms with van der Waals surface area (Å²) in [6.07, 6.45) is 0. The number of halogens is 3. The first-order valence-electron chi connectivity index (χ1n) is 12.7. The fourth-order valence-corrected chi connectivity index (χ4v) is 7.03. The lowest BCUT2D eigenvalue weighted by molar-refractivity contribution is -0.116. The Balaban J connectivity index is 1.23. The first-order chi connectivity index (χ1) is 19.0. The zero-order valence-electron chi connectivity index (χ0n) is 21.6. The van der Waals surface area contributed by atoms with E-state index in [2.05, 4.69) is 15.5 Å². The molecule has 2 aliphatic heterocycles. The molecule has 1 atom stereocenters. The fourth-order valence-electron chi connectivity index (χ4n) is 4.96. The van der Waals surface area contributed by atoms with Gasteiger partial charge in [0, 0.05) is 53.0 Å². The third kappa shape index (κ3) is 6.04. The minimum atomic E-state index is -3.90. The van der Waals surface area contributed by atoms with E-state index in [9.17, 15) is 22.4 Å². The van der Waals surface area contributed by atoms with Gasteiger partial charge in [-0.05, 0) is 55.0 Å². The number of hydrogen-bond donors (Lipinski definition) is 2. The molecular weight excluding hydrogens is 578 g/mol. The number of fused-ring (bicyclic) bond motifs is 1. The van der Waals surface area contributed by atoms with Crippen molar-refractivity contribution < 1.29 is 22.4 Å². The molecule has 2 amide bonds. The molecule has 12 heteroatoms. The van der Waals surface area contributed by atoms with Gasteiger partial charge >= 0.3 is 0 Å². The van der Waals surface area contributed by atoms with Crippen LogP contribution in [0.15, 0.2) is 54.6 Å². The van der Waals surface area contributed by atoms with Gasteiger partial charge in [0.05, 0.1) is 22.9 Å². The molecule has 0 aromatic heterocycles. The maximum absolute atomic E-state index is 14.1. The summed E-state index contributed by atoms with van der Waals surface area (Å²) in [6, 6.07) is 13.5. The lowest BCUT2D eigenvalue weighted by atomic mass is 10.1. The van der Waals surface area contributed by atoms with Crippen molar-refractivity contribution in [2.75, 3.05) is 47.5 Å². The topological polar surface area (TPSA) is 98.8 Å². The molecule has 0 radical (unpaired) electrons. The molecule has 3 aromatic rings. The Morgan fingerprint density at radius 2 is 1.77 bits per heavy atom. The summed E-state index contributed by atoms with van der Waals surface area (Å²) in [5, 5.41) is 6.31. The van der Waals surface area contributed by atoms with Gasteiger partial charge in [0.25, 0.3) is 5.91 Å². The summed E-state index contributed by atoms with van der Waals surface area (Å²) in [4.78, 5) is 30.0. The van der Waals surface area contributed by atoms with Crippen LogP contribution in [-0.2, 0) is 20.4 Å². The number of aryl methyl sites for hydroxylation is 1.